The largest absolute Gasteiger partial charge is 0.352 e. The van der Waals surface area contributed by atoms with Crippen LogP contribution in [0.2, 0.25) is 0 Å². The standard InChI is InChI=1S/C37H46N6O2/c1-26(44)41-35(24-27-18-19-28-11-8-9-16-31(28)23-27)33-20-22-43(36(45)34(42-33)17-10-21-40-37(38)39)25-32(29-12-4-2-5-13-29)30-14-6-3-7-15-30/h2-9,11-16,18-19,23,32-35,37,40,42H,10,17,20-22,24-25,38-39H2,1H3,(H,41,44)/t33-,34-,35-/m0/s1. The number of amides is 2. The number of hydrogen-bond donors (Lipinski definition) is 5. The van der Waals surface area contributed by atoms with Crippen molar-refractivity contribution < 1.29 is 9.59 Å². The molecule has 0 radical (unpaired) electrons. The Kier molecular flexibility index (Phi) is 11.3. The van der Waals surface area contributed by atoms with Gasteiger partial charge in [0, 0.05) is 38.0 Å². The van der Waals surface area contributed by atoms with Crippen molar-refractivity contribution in [3.05, 3.63) is 120 Å². The molecule has 2 amide bonds. The minimum Gasteiger partial charge on any atom is -0.352 e. The van der Waals surface area contributed by atoms with E-state index >= 15 is 0 Å². The molecular formula is C37H46N6O2. The minimum atomic E-state index is -0.601. The molecule has 4 aromatic rings. The number of hydrogen-bond acceptors (Lipinski definition) is 6. The van der Waals surface area contributed by atoms with Crippen molar-refractivity contribution in [3.63, 3.8) is 0 Å². The Morgan fingerprint density at radius 2 is 1.56 bits per heavy atom. The van der Waals surface area contributed by atoms with Gasteiger partial charge in [-0.15, -0.1) is 0 Å². The molecule has 236 valence electrons. The van der Waals surface area contributed by atoms with Crippen LogP contribution >= 0.6 is 0 Å². The Bertz CT molecular complexity index is 1490. The second kappa shape index (κ2) is 15.8. The fraction of sp³-hybridized carbons (Fsp3) is 0.351. The van der Waals surface area contributed by atoms with Crippen molar-refractivity contribution in [2.75, 3.05) is 19.6 Å². The van der Waals surface area contributed by atoms with Gasteiger partial charge in [0.1, 0.15) is 6.29 Å². The molecule has 0 aliphatic carbocycles. The first-order valence-corrected chi connectivity index (χ1v) is 16.0. The average molecular weight is 607 g/mol. The van der Waals surface area contributed by atoms with E-state index in [9.17, 15) is 9.59 Å². The molecule has 7 N–H and O–H groups in total. The molecule has 3 atom stereocenters. The van der Waals surface area contributed by atoms with Gasteiger partial charge in [-0.25, -0.2) is 0 Å². The van der Waals surface area contributed by atoms with Gasteiger partial charge in [-0.1, -0.05) is 103 Å². The second-order valence-corrected chi connectivity index (χ2v) is 12.1. The molecule has 1 fully saturated rings. The molecule has 0 aromatic heterocycles. The highest BCUT2D eigenvalue weighted by molar-refractivity contribution is 5.83. The van der Waals surface area contributed by atoms with E-state index in [-0.39, 0.29) is 29.8 Å². The van der Waals surface area contributed by atoms with Gasteiger partial charge in [0.25, 0.3) is 0 Å². The van der Waals surface area contributed by atoms with Crippen molar-refractivity contribution >= 4 is 22.6 Å². The number of rotatable bonds is 13. The van der Waals surface area contributed by atoms with Crippen LogP contribution in [-0.4, -0.2) is 60.8 Å². The van der Waals surface area contributed by atoms with Crippen LogP contribution in [-0.2, 0) is 16.0 Å². The summed E-state index contributed by atoms with van der Waals surface area (Å²) in [5, 5.41) is 12.3. The molecule has 0 unspecified atom stereocenters. The van der Waals surface area contributed by atoms with E-state index in [4.69, 9.17) is 11.5 Å². The summed E-state index contributed by atoms with van der Waals surface area (Å²) in [5.74, 6) is 0.0359. The van der Waals surface area contributed by atoms with Crippen molar-refractivity contribution in [2.45, 2.75) is 62.9 Å². The third kappa shape index (κ3) is 8.99. The molecule has 4 aromatic carbocycles. The maximum Gasteiger partial charge on any atom is 0.239 e. The van der Waals surface area contributed by atoms with E-state index in [2.05, 4.69) is 94.8 Å². The van der Waals surface area contributed by atoms with Gasteiger partial charge < -0.3 is 27.0 Å². The fourth-order valence-corrected chi connectivity index (χ4v) is 6.49. The quantitative estimate of drug-likeness (QED) is 0.116. The van der Waals surface area contributed by atoms with Crippen LogP contribution in [0.15, 0.2) is 103 Å². The van der Waals surface area contributed by atoms with Crippen molar-refractivity contribution in [2.24, 2.45) is 11.5 Å². The zero-order valence-corrected chi connectivity index (χ0v) is 26.1. The lowest BCUT2D eigenvalue weighted by Crippen LogP contribution is -2.54. The first-order chi connectivity index (χ1) is 21.9. The first kappa shape index (κ1) is 32.3. The Hall–Kier alpha value is -4.08. The smallest absolute Gasteiger partial charge is 0.239 e. The molecule has 0 spiro atoms. The van der Waals surface area contributed by atoms with E-state index in [0.717, 1.165) is 12.0 Å². The number of carbonyl (C=O) groups is 2. The molecule has 1 aliphatic heterocycles. The van der Waals surface area contributed by atoms with E-state index < -0.39 is 12.3 Å². The molecule has 0 bridgehead atoms. The zero-order valence-electron chi connectivity index (χ0n) is 26.1. The van der Waals surface area contributed by atoms with Gasteiger partial charge in [-0.3, -0.25) is 14.9 Å². The maximum absolute atomic E-state index is 14.3. The number of carbonyl (C=O) groups excluding carboxylic acids is 2. The monoisotopic (exact) mass is 606 g/mol. The lowest BCUT2D eigenvalue weighted by Gasteiger charge is -2.30. The maximum atomic E-state index is 14.3. The van der Waals surface area contributed by atoms with Crippen LogP contribution in [0.1, 0.15) is 48.8 Å². The van der Waals surface area contributed by atoms with E-state index in [0.29, 0.717) is 38.9 Å². The van der Waals surface area contributed by atoms with Gasteiger partial charge in [-0.2, -0.15) is 0 Å². The highest BCUT2D eigenvalue weighted by Gasteiger charge is 2.35. The SMILES string of the molecule is CC(=O)N[C@@H](Cc1ccc2ccccc2c1)[C@@H]1CCN(CC(c2ccccc2)c2ccccc2)C(=O)[C@H](CCCNC(N)N)N1. The summed E-state index contributed by atoms with van der Waals surface area (Å²) in [6.45, 7) is 3.32. The molecule has 8 nitrogen and oxygen atoms in total. The highest BCUT2D eigenvalue weighted by atomic mass is 16.2. The summed E-state index contributed by atoms with van der Waals surface area (Å²) in [7, 11) is 0. The van der Waals surface area contributed by atoms with Crippen molar-refractivity contribution in [1.29, 1.82) is 0 Å². The first-order valence-electron chi connectivity index (χ1n) is 16.0. The summed E-state index contributed by atoms with van der Waals surface area (Å²) >= 11 is 0. The third-order valence-corrected chi connectivity index (χ3v) is 8.74. The van der Waals surface area contributed by atoms with Crippen LogP contribution in [0, 0.1) is 0 Å². The summed E-state index contributed by atoms with van der Waals surface area (Å²) < 4.78 is 0. The number of nitrogens with zero attached hydrogens (tertiary/aromatic N) is 1. The van der Waals surface area contributed by atoms with Gasteiger partial charge in [-0.05, 0) is 59.7 Å². The highest BCUT2D eigenvalue weighted by Crippen LogP contribution is 2.28. The Balaban J connectivity index is 1.41. The van der Waals surface area contributed by atoms with Gasteiger partial charge >= 0.3 is 0 Å². The van der Waals surface area contributed by atoms with Gasteiger partial charge in [0.2, 0.25) is 11.8 Å². The Morgan fingerprint density at radius 1 is 0.911 bits per heavy atom. The molecule has 1 heterocycles. The molecule has 45 heavy (non-hydrogen) atoms. The predicted octanol–water partition coefficient (Wildman–Crippen LogP) is 3.85. The molecule has 1 saturated heterocycles. The van der Waals surface area contributed by atoms with Crippen LogP contribution in [0.25, 0.3) is 10.8 Å². The normalized spacial score (nSPS) is 17.9. The predicted molar refractivity (Wildman–Crippen MR) is 181 cm³/mol. The number of benzene rings is 4. The molecule has 5 rings (SSSR count). The van der Waals surface area contributed by atoms with Gasteiger partial charge in [0.05, 0.1) is 6.04 Å². The fourth-order valence-electron chi connectivity index (χ4n) is 6.49. The zero-order chi connectivity index (χ0) is 31.6. The van der Waals surface area contributed by atoms with E-state index in [1.54, 1.807) is 6.92 Å². The molecular weight excluding hydrogens is 560 g/mol. The lowest BCUT2D eigenvalue weighted by atomic mass is 9.90. The van der Waals surface area contributed by atoms with Gasteiger partial charge in [0.15, 0.2) is 0 Å². The molecule has 1 aliphatic rings. The number of nitrogens with one attached hydrogen (secondary N) is 3. The summed E-state index contributed by atoms with van der Waals surface area (Å²) in [5.41, 5.74) is 14.9. The number of nitrogens with two attached hydrogens (primary N) is 2. The second-order valence-electron chi connectivity index (χ2n) is 12.1. The van der Waals surface area contributed by atoms with Crippen LogP contribution in [0.5, 0.6) is 0 Å². The lowest BCUT2D eigenvalue weighted by molar-refractivity contribution is -0.133. The summed E-state index contributed by atoms with van der Waals surface area (Å²) in [6, 6.07) is 34.8. The Morgan fingerprint density at radius 3 is 2.20 bits per heavy atom. The topological polar surface area (TPSA) is 126 Å². The molecule has 8 heteroatoms. The summed E-state index contributed by atoms with van der Waals surface area (Å²) in [6.07, 6.45) is 2.11. The average Bonchev–Trinajstić information content (AvgIpc) is 3.20. The van der Waals surface area contributed by atoms with Crippen LogP contribution in [0.4, 0.5) is 0 Å². The van der Waals surface area contributed by atoms with E-state index in [1.165, 1.54) is 21.9 Å². The number of fused-ring (bicyclic) bond motifs is 1. The van der Waals surface area contributed by atoms with Crippen LogP contribution in [0.3, 0.4) is 0 Å². The summed E-state index contributed by atoms with van der Waals surface area (Å²) in [4.78, 5) is 28.8. The third-order valence-electron chi connectivity index (χ3n) is 8.74. The van der Waals surface area contributed by atoms with E-state index in [1.807, 2.05) is 29.2 Å². The molecule has 0 saturated carbocycles. The Labute approximate surface area is 266 Å². The minimum absolute atomic E-state index is 0.0363. The van der Waals surface area contributed by atoms with Crippen molar-refractivity contribution in [1.82, 2.24) is 20.9 Å². The van der Waals surface area contributed by atoms with Crippen molar-refractivity contribution in [3.8, 4) is 0 Å². The van der Waals surface area contributed by atoms with Crippen LogP contribution < -0.4 is 27.4 Å².